The molecule has 1 heterocycles. The minimum atomic E-state index is -3.79. The van der Waals surface area contributed by atoms with Gasteiger partial charge >= 0.3 is 11.9 Å². The maximum Gasteiger partial charge on any atom is 0.338 e. The summed E-state index contributed by atoms with van der Waals surface area (Å²) in [5, 5.41) is 11.5. The predicted molar refractivity (Wildman–Crippen MR) is 125 cm³/mol. The maximum absolute atomic E-state index is 12.9. The lowest BCUT2D eigenvalue weighted by Crippen LogP contribution is -2.40. The van der Waals surface area contributed by atoms with E-state index in [9.17, 15) is 22.8 Å². The van der Waals surface area contributed by atoms with Crippen molar-refractivity contribution in [3.63, 3.8) is 0 Å². The highest BCUT2D eigenvalue weighted by molar-refractivity contribution is 7.89. The standard InChI is InChI=1S/C24H25N3O7S/c1-2-33-23(29)18-6-8-21(9-7-18)35(31,32)27-12-10-19(11-13-27)24(30)34-16-22(28)26-20-5-3-4-17(14-20)15-25/h3-9,14,19H,2,10-13,16H2,1H3,(H,26,28). The lowest BCUT2D eigenvalue weighted by Gasteiger charge is -2.30. The number of nitriles is 1. The highest BCUT2D eigenvalue weighted by Gasteiger charge is 2.33. The number of carbonyl (C=O) groups is 3. The third-order valence-electron chi connectivity index (χ3n) is 5.41. The van der Waals surface area contributed by atoms with E-state index in [-0.39, 0.29) is 43.0 Å². The third kappa shape index (κ3) is 6.65. The van der Waals surface area contributed by atoms with Gasteiger partial charge in [-0.2, -0.15) is 9.57 Å². The zero-order chi connectivity index (χ0) is 25.4. The summed E-state index contributed by atoms with van der Waals surface area (Å²) in [4.78, 5) is 36.2. The molecular weight excluding hydrogens is 474 g/mol. The number of benzene rings is 2. The fourth-order valence-electron chi connectivity index (χ4n) is 3.58. The maximum atomic E-state index is 12.9. The molecule has 2 aromatic rings. The lowest BCUT2D eigenvalue weighted by molar-refractivity contribution is -0.152. The number of esters is 2. The van der Waals surface area contributed by atoms with Crippen LogP contribution in [0, 0.1) is 17.2 Å². The van der Waals surface area contributed by atoms with Crippen molar-refractivity contribution in [3.8, 4) is 6.07 Å². The Labute approximate surface area is 203 Å². The highest BCUT2D eigenvalue weighted by atomic mass is 32.2. The van der Waals surface area contributed by atoms with Crippen LogP contribution in [0.5, 0.6) is 0 Å². The Morgan fingerprint density at radius 1 is 1.09 bits per heavy atom. The minimum absolute atomic E-state index is 0.0451. The Morgan fingerprint density at radius 2 is 1.77 bits per heavy atom. The van der Waals surface area contributed by atoms with Crippen molar-refractivity contribution >= 4 is 33.6 Å². The summed E-state index contributed by atoms with van der Waals surface area (Å²) in [5.41, 5.74) is 1.06. The molecule has 35 heavy (non-hydrogen) atoms. The van der Waals surface area contributed by atoms with Gasteiger partial charge in [-0.1, -0.05) is 6.07 Å². The molecule has 1 amide bonds. The molecule has 3 rings (SSSR count). The summed E-state index contributed by atoms with van der Waals surface area (Å²) in [6.45, 7) is 1.66. The Balaban J connectivity index is 1.49. The van der Waals surface area contributed by atoms with Crippen molar-refractivity contribution in [2.75, 3.05) is 31.6 Å². The molecule has 1 aliphatic rings. The molecule has 1 saturated heterocycles. The molecular formula is C24H25N3O7S. The Kier molecular flexibility index (Phi) is 8.57. The molecule has 0 saturated carbocycles. The van der Waals surface area contributed by atoms with Gasteiger partial charge < -0.3 is 14.8 Å². The summed E-state index contributed by atoms with van der Waals surface area (Å²) in [5.74, 6) is -2.16. The number of rotatable bonds is 8. The number of nitrogens with zero attached hydrogens (tertiary/aromatic N) is 2. The van der Waals surface area contributed by atoms with Gasteiger partial charge in [0.1, 0.15) is 0 Å². The topological polar surface area (TPSA) is 143 Å². The average molecular weight is 500 g/mol. The molecule has 0 aromatic heterocycles. The summed E-state index contributed by atoms with van der Waals surface area (Å²) in [6, 6.07) is 13.8. The number of nitrogens with one attached hydrogen (secondary N) is 1. The van der Waals surface area contributed by atoms with E-state index in [1.54, 1.807) is 25.1 Å². The van der Waals surface area contributed by atoms with Gasteiger partial charge in [0.05, 0.1) is 34.6 Å². The molecule has 184 valence electrons. The number of piperidine rings is 1. The number of hydrogen-bond donors (Lipinski definition) is 1. The zero-order valence-corrected chi connectivity index (χ0v) is 19.9. The molecule has 0 unspecified atom stereocenters. The van der Waals surface area contributed by atoms with Crippen LogP contribution in [0.2, 0.25) is 0 Å². The van der Waals surface area contributed by atoms with Gasteiger partial charge in [-0.3, -0.25) is 9.59 Å². The number of carbonyl (C=O) groups excluding carboxylic acids is 3. The molecule has 1 fully saturated rings. The fourth-order valence-corrected chi connectivity index (χ4v) is 5.05. The van der Waals surface area contributed by atoms with E-state index in [1.807, 2.05) is 6.07 Å². The first-order chi connectivity index (χ1) is 16.7. The smallest absolute Gasteiger partial charge is 0.338 e. The second-order valence-electron chi connectivity index (χ2n) is 7.77. The van der Waals surface area contributed by atoms with Crippen LogP contribution in [-0.2, 0) is 29.1 Å². The van der Waals surface area contributed by atoms with Crippen molar-refractivity contribution in [2.45, 2.75) is 24.7 Å². The van der Waals surface area contributed by atoms with E-state index < -0.39 is 40.4 Å². The normalized spacial score (nSPS) is 14.5. The van der Waals surface area contributed by atoms with Crippen LogP contribution in [0.1, 0.15) is 35.7 Å². The largest absolute Gasteiger partial charge is 0.462 e. The Hall–Kier alpha value is -3.75. The molecule has 0 radical (unpaired) electrons. The first-order valence-corrected chi connectivity index (χ1v) is 12.4. The number of amides is 1. The fraction of sp³-hybridized carbons (Fsp3) is 0.333. The van der Waals surface area contributed by atoms with Crippen molar-refractivity contribution in [1.82, 2.24) is 4.31 Å². The van der Waals surface area contributed by atoms with Crippen molar-refractivity contribution in [3.05, 3.63) is 59.7 Å². The zero-order valence-electron chi connectivity index (χ0n) is 19.1. The van der Waals surface area contributed by atoms with Gasteiger partial charge in [-0.15, -0.1) is 0 Å². The lowest BCUT2D eigenvalue weighted by atomic mass is 9.98. The molecule has 0 atom stereocenters. The van der Waals surface area contributed by atoms with Crippen molar-refractivity contribution < 1.29 is 32.3 Å². The van der Waals surface area contributed by atoms with Gasteiger partial charge in [-0.25, -0.2) is 13.2 Å². The Bertz CT molecular complexity index is 1230. The molecule has 11 heteroatoms. The number of ether oxygens (including phenoxy) is 2. The highest BCUT2D eigenvalue weighted by Crippen LogP contribution is 2.25. The molecule has 0 aliphatic carbocycles. The monoisotopic (exact) mass is 499 g/mol. The second kappa shape index (κ2) is 11.6. The van der Waals surface area contributed by atoms with Crippen LogP contribution in [0.25, 0.3) is 0 Å². The third-order valence-corrected chi connectivity index (χ3v) is 7.32. The quantitative estimate of drug-likeness (QED) is 0.545. The van der Waals surface area contributed by atoms with Crippen molar-refractivity contribution in [1.29, 1.82) is 5.26 Å². The van der Waals surface area contributed by atoms with E-state index in [0.29, 0.717) is 11.3 Å². The summed E-state index contributed by atoms with van der Waals surface area (Å²) in [7, 11) is -3.79. The first kappa shape index (κ1) is 25.9. The molecule has 2 aromatic carbocycles. The second-order valence-corrected chi connectivity index (χ2v) is 9.71. The van der Waals surface area contributed by atoms with Crippen LogP contribution >= 0.6 is 0 Å². The van der Waals surface area contributed by atoms with Gasteiger partial charge in [0.2, 0.25) is 10.0 Å². The molecule has 1 N–H and O–H groups in total. The summed E-state index contributed by atoms with van der Waals surface area (Å²) >= 11 is 0. The molecule has 10 nitrogen and oxygen atoms in total. The predicted octanol–water partition coefficient (Wildman–Crippen LogP) is 2.32. The van der Waals surface area contributed by atoms with Gasteiger partial charge in [0, 0.05) is 18.8 Å². The molecule has 0 bridgehead atoms. The van der Waals surface area contributed by atoms with E-state index in [0.717, 1.165) is 0 Å². The summed E-state index contributed by atoms with van der Waals surface area (Å²) in [6.07, 6.45) is 0.510. The van der Waals surface area contributed by atoms with Crippen LogP contribution in [0.15, 0.2) is 53.4 Å². The van der Waals surface area contributed by atoms with E-state index in [2.05, 4.69) is 5.32 Å². The number of anilines is 1. The molecule has 0 spiro atoms. The van der Waals surface area contributed by atoms with Crippen molar-refractivity contribution in [2.24, 2.45) is 5.92 Å². The van der Waals surface area contributed by atoms with Gasteiger partial charge in [0.15, 0.2) is 6.61 Å². The van der Waals surface area contributed by atoms with Gasteiger partial charge in [0.25, 0.3) is 5.91 Å². The average Bonchev–Trinajstić information content (AvgIpc) is 2.87. The SMILES string of the molecule is CCOC(=O)c1ccc(S(=O)(=O)N2CCC(C(=O)OCC(=O)Nc3cccc(C#N)c3)CC2)cc1. The van der Waals surface area contributed by atoms with Gasteiger partial charge in [-0.05, 0) is 62.2 Å². The van der Waals surface area contributed by atoms with Crippen LogP contribution in [0.4, 0.5) is 5.69 Å². The molecule has 1 aliphatic heterocycles. The van der Waals surface area contributed by atoms with Crippen LogP contribution in [0.3, 0.4) is 0 Å². The minimum Gasteiger partial charge on any atom is -0.462 e. The number of hydrogen-bond acceptors (Lipinski definition) is 8. The number of sulfonamides is 1. The van der Waals surface area contributed by atoms with Crippen LogP contribution < -0.4 is 5.32 Å². The van der Waals surface area contributed by atoms with E-state index in [4.69, 9.17) is 14.7 Å². The van der Waals surface area contributed by atoms with E-state index >= 15 is 0 Å². The van der Waals surface area contributed by atoms with E-state index in [1.165, 1.54) is 34.6 Å². The summed E-state index contributed by atoms with van der Waals surface area (Å²) < 4.78 is 37.1. The van der Waals surface area contributed by atoms with Crippen LogP contribution in [-0.4, -0.2) is 56.9 Å². The first-order valence-electron chi connectivity index (χ1n) is 11.0. The Morgan fingerprint density at radius 3 is 2.40 bits per heavy atom.